The molecule has 1 N–H and O–H groups in total. The lowest BCUT2D eigenvalue weighted by Gasteiger charge is -1.97. The zero-order chi connectivity index (χ0) is 11.8. The first-order valence-corrected chi connectivity index (χ1v) is 8.15. The van der Waals surface area contributed by atoms with Crippen LogP contribution in [0.2, 0.25) is 0 Å². The quantitative estimate of drug-likeness (QED) is 0.908. The van der Waals surface area contributed by atoms with Gasteiger partial charge in [0.1, 0.15) is 5.01 Å². The SMILES string of the molecule is CNCc1sc(-c2cc(Br)cs2)nc1C1CC1. The fourth-order valence-electron chi connectivity index (χ4n) is 1.86. The van der Waals surface area contributed by atoms with Gasteiger partial charge < -0.3 is 5.32 Å². The van der Waals surface area contributed by atoms with Crippen LogP contribution in [0.1, 0.15) is 29.3 Å². The molecule has 1 saturated carbocycles. The van der Waals surface area contributed by atoms with Crippen molar-refractivity contribution in [2.24, 2.45) is 0 Å². The summed E-state index contributed by atoms with van der Waals surface area (Å²) in [4.78, 5) is 7.52. The van der Waals surface area contributed by atoms with Gasteiger partial charge in [0.2, 0.25) is 0 Å². The second-order valence-corrected chi connectivity index (χ2v) is 7.17. The molecule has 2 aromatic heterocycles. The van der Waals surface area contributed by atoms with E-state index < -0.39 is 0 Å². The molecule has 0 atom stereocenters. The molecule has 0 spiro atoms. The smallest absolute Gasteiger partial charge is 0.133 e. The maximum Gasteiger partial charge on any atom is 0.133 e. The summed E-state index contributed by atoms with van der Waals surface area (Å²) in [6.07, 6.45) is 2.63. The van der Waals surface area contributed by atoms with Crippen LogP contribution in [0.4, 0.5) is 0 Å². The molecule has 2 nitrogen and oxygen atoms in total. The van der Waals surface area contributed by atoms with E-state index in [0.717, 1.165) is 16.9 Å². The molecule has 2 aromatic rings. The number of thiazole rings is 1. The minimum absolute atomic E-state index is 0.728. The highest BCUT2D eigenvalue weighted by Gasteiger charge is 2.29. The van der Waals surface area contributed by atoms with Crippen molar-refractivity contribution in [3.63, 3.8) is 0 Å². The Labute approximate surface area is 117 Å². The lowest BCUT2D eigenvalue weighted by Crippen LogP contribution is -2.05. The fraction of sp³-hybridized carbons (Fsp3) is 0.417. The summed E-state index contributed by atoms with van der Waals surface area (Å²) < 4.78 is 1.15. The second-order valence-electron chi connectivity index (χ2n) is 4.26. The van der Waals surface area contributed by atoms with Crippen molar-refractivity contribution in [3.8, 4) is 9.88 Å². The summed E-state index contributed by atoms with van der Waals surface area (Å²) in [6.45, 7) is 0.941. The molecule has 1 aliphatic rings. The van der Waals surface area contributed by atoms with Crippen molar-refractivity contribution in [1.82, 2.24) is 10.3 Å². The van der Waals surface area contributed by atoms with Crippen molar-refractivity contribution in [3.05, 3.63) is 26.5 Å². The minimum Gasteiger partial charge on any atom is -0.315 e. The number of nitrogens with zero attached hydrogens (tertiary/aromatic N) is 1. The van der Waals surface area contributed by atoms with E-state index >= 15 is 0 Å². The van der Waals surface area contributed by atoms with Gasteiger partial charge in [-0.15, -0.1) is 22.7 Å². The van der Waals surface area contributed by atoms with Crippen LogP contribution in [0.15, 0.2) is 15.9 Å². The molecule has 0 radical (unpaired) electrons. The summed E-state index contributed by atoms with van der Waals surface area (Å²) in [5, 5.41) is 6.53. The predicted octanol–water partition coefficient (Wildman–Crippen LogP) is 4.23. The van der Waals surface area contributed by atoms with Crippen LogP contribution in [0.25, 0.3) is 9.88 Å². The Morgan fingerprint density at radius 3 is 2.94 bits per heavy atom. The van der Waals surface area contributed by atoms with E-state index in [1.807, 2.05) is 18.4 Å². The van der Waals surface area contributed by atoms with Gasteiger partial charge in [-0.1, -0.05) is 0 Å². The van der Waals surface area contributed by atoms with E-state index in [1.165, 1.54) is 33.3 Å². The van der Waals surface area contributed by atoms with Crippen LogP contribution in [0.5, 0.6) is 0 Å². The summed E-state index contributed by atoms with van der Waals surface area (Å²) in [5.41, 5.74) is 1.34. The van der Waals surface area contributed by atoms with Gasteiger partial charge in [-0.05, 0) is 41.9 Å². The third-order valence-corrected chi connectivity index (χ3v) is 5.74. The molecule has 3 rings (SSSR count). The van der Waals surface area contributed by atoms with Gasteiger partial charge in [0, 0.05) is 27.2 Å². The molecule has 0 aromatic carbocycles. The minimum atomic E-state index is 0.728. The van der Waals surface area contributed by atoms with E-state index in [1.54, 1.807) is 11.3 Å². The first kappa shape index (κ1) is 11.8. The normalized spacial score (nSPS) is 15.4. The van der Waals surface area contributed by atoms with Gasteiger partial charge in [-0.3, -0.25) is 0 Å². The van der Waals surface area contributed by atoms with Crippen LogP contribution in [0, 0.1) is 0 Å². The Hall–Kier alpha value is -0.230. The van der Waals surface area contributed by atoms with Crippen molar-refractivity contribution >= 4 is 38.6 Å². The maximum atomic E-state index is 4.84. The average molecular weight is 329 g/mol. The Kier molecular flexibility index (Phi) is 3.34. The summed E-state index contributed by atoms with van der Waals surface area (Å²) in [7, 11) is 2.00. The third-order valence-electron chi connectivity index (χ3n) is 2.81. The zero-order valence-corrected chi connectivity index (χ0v) is 12.7. The van der Waals surface area contributed by atoms with Gasteiger partial charge >= 0.3 is 0 Å². The molecule has 0 bridgehead atoms. The molecule has 0 unspecified atom stereocenters. The van der Waals surface area contributed by atoms with Crippen molar-refractivity contribution in [2.45, 2.75) is 25.3 Å². The Balaban J connectivity index is 1.97. The van der Waals surface area contributed by atoms with Gasteiger partial charge in [0.15, 0.2) is 0 Å². The van der Waals surface area contributed by atoms with Crippen LogP contribution in [-0.2, 0) is 6.54 Å². The molecule has 0 saturated heterocycles. The number of rotatable bonds is 4. The van der Waals surface area contributed by atoms with E-state index in [-0.39, 0.29) is 0 Å². The molecule has 0 aliphatic heterocycles. The average Bonchev–Trinajstić information content (AvgIpc) is 2.93. The van der Waals surface area contributed by atoms with E-state index in [9.17, 15) is 0 Å². The number of hydrogen-bond donors (Lipinski definition) is 1. The van der Waals surface area contributed by atoms with Crippen LogP contribution in [-0.4, -0.2) is 12.0 Å². The van der Waals surface area contributed by atoms with Gasteiger partial charge in [-0.2, -0.15) is 0 Å². The molecular formula is C12H13BrN2S2. The van der Waals surface area contributed by atoms with Crippen LogP contribution < -0.4 is 5.32 Å². The number of thiophene rings is 1. The first-order chi connectivity index (χ1) is 8.28. The molecule has 17 heavy (non-hydrogen) atoms. The summed E-state index contributed by atoms with van der Waals surface area (Å²) in [5.74, 6) is 0.728. The zero-order valence-electron chi connectivity index (χ0n) is 9.50. The number of halogens is 1. The standard InChI is InChI=1S/C12H13BrN2S2/c1-14-5-10-11(7-2-3-7)15-12(17-10)9-4-8(13)6-16-9/h4,6-7,14H,2-3,5H2,1H3. The second kappa shape index (κ2) is 4.80. The van der Waals surface area contributed by atoms with Crippen molar-refractivity contribution in [2.75, 3.05) is 7.05 Å². The Morgan fingerprint density at radius 2 is 2.35 bits per heavy atom. The maximum absolute atomic E-state index is 4.84. The van der Waals surface area contributed by atoms with Gasteiger partial charge in [0.05, 0.1) is 10.6 Å². The summed E-state index contributed by atoms with van der Waals surface area (Å²) in [6, 6.07) is 2.16. The molecule has 1 fully saturated rings. The molecule has 1 aliphatic carbocycles. The third kappa shape index (κ3) is 2.47. The van der Waals surface area contributed by atoms with Gasteiger partial charge in [-0.25, -0.2) is 4.98 Å². The topological polar surface area (TPSA) is 24.9 Å². The lowest BCUT2D eigenvalue weighted by molar-refractivity contribution is 0.813. The molecule has 5 heteroatoms. The summed E-state index contributed by atoms with van der Waals surface area (Å²) >= 11 is 7.09. The monoisotopic (exact) mass is 328 g/mol. The van der Waals surface area contributed by atoms with Crippen molar-refractivity contribution in [1.29, 1.82) is 0 Å². The molecule has 2 heterocycles. The fourth-order valence-corrected chi connectivity index (χ4v) is 4.51. The molecule has 0 amide bonds. The molecular weight excluding hydrogens is 316 g/mol. The first-order valence-electron chi connectivity index (χ1n) is 5.66. The van der Waals surface area contributed by atoms with Crippen LogP contribution in [0.3, 0.4) is 0 Å². The van der Waals surface area contributed by atoms with E-state index in [2.05, 4.69) is 32.7 Å². The highest BCUT2D eigenvalue weighted by molar-refractivity contribution is 9.10. The van der Waals surface area contributed by atoms with E-state index in [4.69, 9.17) is 4.98 Å². The number of aromatic nitrogens is 1. The lowest BCUT2D eigenvalue weighted by atomic mass is 10.2. The Morgan fingerprint density at radius 1 is 1.53 bits per heavy atom. The number of hydrogen-bond acceptors (Lipinski definition) is 4. The highest BCUT2D eigenvalue weighted by atomic mass is 79.9. The predicted molar refractivity (Wildman–Crippen MR) is 77.9 cm³/mol. The largest absolute Gasteiger partial charge is 0.315 e. The number of nitrogens with one attached hydrogen (secondary N) is 1. The van der Waals surface area contributed by atoms with Crippen LogP contribution >= 0.6 is 38.6 Å². The molecule has 90 valence electrons. The van der Waals surface area contributed by atoms with E-state index in [0.29, 0.717) is 0 Å². The van der Waals surface area contributed by atoms with Gasteiger partial charge in [0.25, 0.3) is 0 Å². The van der Waals surface area contributed by atoms with Crippen molar-refractivity contribution < 1.29 is 0 Å². The highest BCUT2D eigenvalue weighted by Crippen LogP contribution is 2.45. The Bertz CT molecular complexity index is 528.